The number of hydrogen-bond donors (Lipinski definition) is 0. The molecule has 0 bridgehead atoms. The number of benzene rings is 1. The van der Waals surface area contributed by atoms with Crippen LogP contribution < -0.4 is 0 Å². The predicted molar refractivity (Wildman–Crippen MR) is 79.4 cm³/mol. The van der Waals surface area contributed by atoms with Gasteiger partial charge in [0.05, 0.1) is 20.5 Å². The van der Waals surface area contributed by atoms with E-state index in [4.69, 9.17) is 23.2 Å². The molecule has 0 fully saturated rings. The Labute approximate surface area is 126 Å². The zero-order valence-electron chi connectivity index (χ0n) is 10.5. The van der Waals surface area contributed by atoms with Crippen LogP contribution in [0.5, 0.6) is 0 Å². The Morgan fingerprint density at radius 1 is 1.30 bits per heavy atom. The number of rotatable bonds is 6. The Morgan fingerprint density at radius 2 is 1.85 bits per heavy atom. The van der Waals surface area contributed by atoms with Crippen LogP contribution in [0.2, 0.25) is 10.0 Å². The van der Waals surface area contributed by atoms with Gasteiger partial charge in [-0.2, -0.15) is 0 Å². The molecule has 1 amide bonds. The van der Waals surface area contributed by atoms with E-state index >= 15 is 0 Å². The summed E-state index contributed by atoms with van der Waals surface area (Å²) >= 11 is 11.8. The molecule has 0 radical (unpaired) electrons. The molecule has 0 aromatic heterocycles. The van der Waals surface area contributed by atoms with Crippen LogP contribution in [0.1, 0.15) is 10.4 Å². The third kappa shape index (κ3) is 3.59. The van der Waals surface area contributed by atoms with Gasteiger partial charge in [0, 0.05) is 25.2 Å². The van der Waals surface area contributed by atoms with Gasteiger partial charge in [-0.3, -0.25) is 14.9 Å². The molecule has 1 aromatic rings. The maximum absolute atomic E-state index is 12.3. The summed E-state index contributed by atoms with van der Waals surface area (Å²) in [6, 6.07) is 2.21. The Hall–Kier alpha value is -1.85. The molecule has 0 N–H and O–H groups in total. The lowest BCUT2D eigenvalue weighted by Gasteiger charge is -2.20. The molecule has 0 aliphatic rings. The molecule has 5 nitrogen and oxygen atoms in total. The van der Waals surface area contributed by atoms with Crippen molar-refractivity contribution in [2.75, 3.05) is 13.1 Å². The molecule has 0 saturated heterocycles. The molecular formula is C13H12Cl2N2O3. The van der Waals surface area contributed by atoms with Gasteiger partial charge in [0.15, 0.2) is 0 Å². The molecule has 0 saturated carbocycles. The van der Waals surface area contributed by atoms with Crippen LogP contribution in [0.4, 0.5) is 5.69 Å². The van der Waals surface area contributed by atoms with Crippen molar-refractivity contribution in [3.63, 3.8) is 0 Å². The zero-order valence-corrected chi connectivity index (χ0v) is 12.0. The molecule has 0 atom stereocenters. The quantitative estimate of drug-likeness (QED) is 0.456. The van der Waals surface area contributed by atoms with Gasteiger partial charge in [-0.25, -0.2) is 0 Å². The van der Waals surface area contributed by atoms with Crippen molar-refractivity contribution in [1.82, 2.24) is 4.90 Å². The lowest BCUT2D eigenvalue weighted by molar-refractivity contribution is -0.384. The molecule has 0 unspecified atom stereocenters. The first kappa shape index (κ1) is 16.2. The summed E-state index contributed by atoms with van der Waals surface area (Å²) in [5.41, 5.74) is -0.311. The first-order valence-electron chi connectivity index (χ1n) is 5.56. The third-order valence-corrected chi connectivity index (χ3v) is 3.24. The Kier molecular flexibility index (Phi) is 5.73. The zero-order chi connectivity index (χ0) is 15.3. The Morgan fingerprint density at radius 3 is 2.30 bits per heavy atom. The second-order valence-corrected chi connectivity index (χ2v) is 4.62. The number of halogens is 2. The number of nitrogens with zero attached hydrogens (tertiary/aromatic N) is 2. The number of non-ortho nitro benzene ring substituents is 1. The summed E-state index contributed by atoms with van der Waals surface area (Å²) in [5.74, 6) is -0.472. The lowest BCUT2D eigenvalue weighted by atomic mass is 10.1. The van der Waals surface area contributed by atoms with Crippen LogP contribution in [-0.2, 0) is 0 Å². The number of carbonyl (C=O) groups excluding carboxylic acids is 1. The minimum atomic E-state index is -0.635. The summed E-state index contributed by atoms with van der Waals surface area (Å²) in [4.78, 5) is 23.9. The number of carbonyl (C=O) groups is 1. The molecule has 1 aromatic carbocycles. The van der Waals surface area contributed by atoms with Crippen LogP contribution >= 0.6 is 23.2 Å². The van der Waals surface area contributed by atoms with Crippen LogP contribution in [0.15, 0.2) is 37.4 Å². The molecule has 1 rings (SSSR count). The molecule has 106 valence electrons. The highest BCUT2D eigenvalue weighted by molar-refractivity contribution is 6.44. The van der Waals surface area contributed by atoms with E-state index < -0.39 is 10.8 Å². The molecule has 7 heteroatoms. The van der Waals surface area contributed by atoms with E-state index in [0.29, 0.717) is 0 Å². The smallest absolute Gasteiger partial charge is 0.271 e. The number of nitro groups is 1. The highest BCUT2D eigenvalue weighted by atomic mass is 35.5. The maximum Gasteiger partial charge on any atom is 0.271 e. The molecule has 0 spiro atoms. The first-order valence-corrected chi connectivity index (χ1v) is 6.32. The minimum absolute atomic E-state index is 0.0135. The van der Waals surface area contributed by atoms with Crippen LogP contribution in [0.25, 0.3) is 0 Å². The first-order chi connectivity index (χ1) is 9.42. The average Bonchev–Trinajstić information content (AvgIpc) is 2.40. The van der Waals surface area contributed by atoms with Crippen molar-refractivity contribution < 1.29 is 9.72 Å². The number of nitro benzene ring substituents is 1. The van der Waals surface area contributed by atoms with Crippen LogP contribution in [-0.4, -0.2) is 28.8 Å². The van der Waals surface area contributed by atoms with Gasteiger partial charge in [0.1, 0.15) is 0 Å². The van der Waals surface area contributed by atoms with E-state index in [9.17, 15) is 14.9 Å². The van der Waals surface area contributed by atoms with E-state index in [0.717, 1.165) is 12.1 Å². The van der Waals surface area contributed by atoms with Crippen LogP contribution in [0, 0.1) is 10.1 Å². The molecule has 0 heterocycles. The van der Waals surface area contributed by atoms with Crippen molar-refractivity contribution in [3.05, 3.63) is 63.2 Å². The van der Waals surface area contributed by atoms with Gasteiger partial charge in [-0.15, -0.1) is 13.2 Å². The molecular weight excluding hydrogens is 303 g/mol. The van der Waals surface area contributed by atoms with E-state index in [1.54, 1.807) is 0 Å². The maximum atomic E-state index is 12.3. The normalized spacial score (nSPS) is 9.90. The predicted octanol–water partition coefficient (Wildman–Crippen LogP) is 3.72. The largest absolute Gasteiger partial charge is 0.331 e. The average molecular weight is 315 g/mol. The number of hydrogen-bond acceptors (Lipinski definition) is 3. The fraction of sp³-hybridized carbons (Fsp3) is 0.154. The standard InChI is InChI=1S/C13H12Cl2N2O3/c1-3-5-16(6-4-2)13(18)10-7-9(17(19)20)8-11(14)12(10)15/h3-4,7-8H,1-2,5-6H2. The molecule has 0 aliphatic heterocycles. The van der Waals surface area contributed by atoms with Crippen molar-refractivity contribution in [2.45, 2.75) is 0 Å². The van der Waals surface area contributed by atoms with Gasteiger partial charge in [-0.05, 0) is 0 Å². The fourth-order valence-corrected chi connectivity index (χ4v) is 1.96. The molecule has 0 aliphatic carbocycles. The van der Waals surface area contributed by atoms with Gasteiger partial charge in [0.2, 0.25) is 0 Å². The SMILES string of the molecule is C=CCN(CC=C)C(=O)c1cc([N+](=O)[O-])cc(Cl)c1Cl. The Bertz CT molecular complexity index is 563. The molecule has 20 heavy (non-hydrogen) atoms. The van der Waals surface area contributed by atoms with Crippen molar-refractivity contribution in [2.24, 2.45) is 0 Å². The fourth-order valence-electron chi connectivity index (χ4n) is 1.56. The van der Waals surface area contributed by atoms with E-state index in [-0.39, 0.29) is 34.4 Å². The third-order valence-electron chi connectivity index (χ3n) is 2.44. The van der Waals surface area contributed by atoms with E-state index in [1.807, 2.05) is 0 Å². The van der Waals surface area contributed by atoms with Crippen molar-refractivity contribution in [3.8, 4) is 0 Å². The monoisotopic (exact) mass is 314 g/mol. The van der Waals surface area contributed by atoms with Crippen molar-refractivity contribution >= 4 is 34.8 Å². The lowest BCUT2D eigenvalue weighted by Crippen LogP contribution is -2.31. The highest BCUT2D eigenvalue weighted by Gasteiger charge is 2.22. The van der Waals surface area contributed by atoms with Gasteiger partial charge < -0.3 is 4.90 Å². The summed E-state index contributed by atoms with van der Waals surface area (Å²) < 4.78 is 0. The summed E-state index contributed by atoms with van der Waals surface area (Å²) in [6.45, 7) is 7.63. The summed E-state index contributed by atoms with van der Waals surface area (Å²) in [5, 5.41) is 10.8. The second-order valence-electron chi connectivity index (χ2n) is 3.83. The van der Waals surface area contributed by atoms with E-state index in [2.05, 4.69) is 13.2 Å². The Balaban J connectivity index is 3.28. The second kappa shape index (κ2) is 7.07. The highest BCUT2D eigenvalue weighted by Crippen LogP contribution is 2.31. The number of amides is 1. The van der Waals surface area contributed by atoms with Gasteiger partial charge >= 0.3 is 0 Å². The van der Waals surface area contributed by atoms with Crippen molar-refractivity contribution in [1.29, 1.82) is 0 Å². The van der Waals surface area contributed by atoms with E-state index in [1.165, 1.54) is 17.1 Å². The minimum Gasteiger partial charge on any atom is -0.331 e. The summed E-state index contributed by atoms with van der Waals surface area (Å²) in [6.07, 6.45) is 3.07. The van der Waals surface area contributed by atoms with Gasteiger partial charge in [0.25, 0.3) is 11.6 Å². The summed E-state index contributed by atoms with van der Waals surface area (Å²) in [7, 11) is 0. The van der Waals surface area contributed by atoms with Crippen LogP contribution in [0.3, 0.4) is 0 Å². The topological polar surface area (TPSA) is 63.5 Å². The van der Waals surface area contributed by atoms with Gasteiger partial charge in [-0.1, -0.05) is 35.4 Å².